The van der Waals surface area contributed by atoms with Crippen molar-refractivity contribution in [2.75, 3.05) is 19.7 Å². The maximum Gasteiger partial charge on any atom is 0.224 e. The first-order chi connectivity index (χ1) is 9.92. The average Bonchev–Trinajstić information content (AvgIpc) is 2.44. The molecule has 0 aliphatic carbocycles. The van der Waals surface area contributed by atoms with E-state index >= 15 is 0 Å². The van der Waals surface area contributed by atoms with Gasteiger partial charge in [-0.1, -0.05) is 39.0 Å². The second-order valence-electron chi connectivity index (χ2n) is 6.50. The number of nitrogens with one attached hydrogen (secondary N) is 1. The van der Waals surface area contributed by atoms with Gasteiger partial charge in [0.1, 0.15) is 5.75 Å². The third kappa shape index (κ3) is 7.71. The molecule has 3 N–H and O–H groups in total. The van der Waals surface area contributed by atoms with Crippen LogP contribution < -0.4 is 15.8 Å². The van der Waals surface area contributed by atoms with Crippen LogP contribution in [-0.2, 0) is 4.79 Å². The number of hydrogen-bond acceptors (Lipinski definition) is 3. The van der Waals surface area contributed by atoms with Crippen molar-refractivity contribution in [3.63, 3.8) is 0 Å². The van der Waals surface area contributed by atoms with E-state index in [9.17, 15) is 4.79 Å². The lowest BCUT2D eigenvalue weighted by atomic mass is 9.84. The number of rotatable bonds is 8. The van der Waals surface area contributed by atoms with E-state index in [2.05, 4.69) is 26.1 Å². The van der Waals surface area contributed by atoms with Gasteiger partial charge >= 0.3 is 0 Å². The molecule has 1 rings (SSSR count). The van der Waals surface area contributed by atoms with Gasteiger partial charge in [0.2, 0.25) is 5.91 Å². The first kappa shape index (κ1) is 17.5. The van der Waals surface area contributed by atoms with Gasteiger partial charge in [0, 0.05) is 13.1 Å². The molecule has 0 spiro atoms. The van der Waals surface area contributed by atoms with Gasteiger partial charge in [-0.05, 0) is 30.4 Å². The quantitative estimate of drug-likeness (QED) is 0.724. The van der Waals surface area contributed by atoms with Crippen molar-refractivity contribution in [2.45, 2.75) is 33.6 Å². The molecule has 21 heavy (non-hydrogen) atoms. The van der Waals surface area contributed by atoms with Crippen LogP contribution in [-0.4, -0.2) is 25.6 Å². The van der Waals surface area contributed by atoms with Gasteiger partial charge in [0.25, 0.3) is 0 Å². The Morgan fingerprint density at radius 2 is 1.95 bits per heavy atom. The summed E-state index contributed by atoms with van der Waals surface area (Å²) in [6.45, 7) is 7.97. The fraction of sp³-hybridized carbons (Fsp3) is 0.588. The molecule has 1 unspecified atom stereocenters. The molecule has 0 fully saturated rings. The number of ether oxygens (including phenoxy) is 1. The van der Waals surface area contributed by atoms with E-state index in [0.29, 0.717) is 19.7 Å². The molecule has 0 aliphatic heterocycles. The standard InChI is InChI=1S/C17H28N2O2/c1-17(2,3)12-14(13-18)16(20)19-10-7-11-21-15-8-5-4-6-9-15/h4-6,8-9,14H,7,10-13,18H2,1-3H3,(H,19,20). The summed E-state index contributed by atoms with van der Waals surface area (Å²) < 4.78 is 5.58. The molecule has 0 saturated carbocycles. The van der Waals surface area contributed by atoms with Gasteiger partial charge in [-0.25, -0.2) is 0 Å². The first-order valence-electron chi connectivity index (χ1n) is 7.58. The van der Waals surface area contributed by atoms with Gasteiger partial charge in [-0.2, -0.15) is 0 Å². The van der Waals surface area contributed by atoms with Crippen molar-refractivity contribution in [1.82, 2.24) is 5.32 Å². The van der Waals surface area contributed by atoms with Crippen LogP contribution in [0.1, 0.15) is 33.6 Å². The van der Waals surface area contributed by atoms with Gasteiger partial charge in [0.05, 0.1) is 12.5 Å². The van der Waals surface area contributed by atoms with Crippen molar-refractivity contribution in [3.8, 4) is 5.75 Å². The predicted octanol–water partition coefficient (Wildman–Crippen LogP) is 2.58. The molecule has 1 amide bonds. The van der Waals surface area contributed by atoms with E-state index in [0.717, 1.165) is 18.6 Å². The van der Waals surface area contributed by atoms with Crippen molar-refractivity contribution in [2.24, 2.45) is 17.1 Å². The number of carbonyl (C=O) groups excluding carboxylic acids is 1. The van der Waals surface area contributed by atoms with Crippen molar-refractivity contribution >= 4 is 5.91 Å². The molecule has 0 aromatic heterocycles. The Kier molecular flexibility index (Phi) is 7.23. The zero-order valence-electron chi connectivity index (χ0n) is 13.4. The van der Waals surface area contributed by atoms with Crippen LogP contribution in [0.2, 0.25) is 0 Å². The monoisotopic (exact) mass is 292 g/mol. The molecule has 118 valence electrons. The Balaban J connectivity index is 2.20. The summed E-state index contributed by atoms with van der Waals surface area (Å²) in [6.07, 6.45) is 1.59. The zero-order valence-corrected chi connectivity index (χ0v) is 13.4. The van der Waals surface area contributed by atoms with E-state index in [4.69, 9.17) is 10.5 Å². The summed E-state index contributed by atoms with van der Waals surface area (Å²) in [4.78, 5) is 12.1. The molecule has 0 bridgehead atoms. The predicted molar refractivity (Wildman–Crippen MR) is 86.2 cm³/mol. The largest absolute Gasteiger partial charge is 0.494 e. The summed E-state index contributed by atoms with van der Waals surface area (Å²) in [7, 11) is 0. The third-order valence-corrected chi connectivity index (χ3v) is 3.15. The van der Waals surface area contributed by atoms with E-state index in [1.54, 1.807) is 0 Å². The van der Waals surface area contributed by atoms with Crippen LogP contribution in [0.25, 0.3) is 0 Å². The fourth-order valence-electron chi connectivity index (χ4n) is 2.16. The topological polar surface area (TPSA) is 64.4 Å². The third-order valence-electron chi connectivity index (χ3n) is 3.15. The zero-order chi connectivity index (χ0) is 15.7. The molecule has 4 nitrogen and oxygen atoms in total. The van der Waals surface area contributed by atoms with Crippen LogP contribution in [0.3, 0.4) is 0 Å². The Morgan fingerprint density at radius 3 is 2.52 bits per heavy atom. The lowest BCUT2D eigenvalue weighted by molar-refractivity contribution is -0.125. The van der Waals surface area contributed by atoms with Gasteiger partial charge in [-0.15, -0.1) is 0 Å². The minimum atomic E-state index is -0.111. The smallest absolute Gasteiger partial charge is 0.224 e. The maximum atomic E-state index is 12.1. The number of nitrogens with two attached hydrogens (primary N) is 1. The number of carbonyl (C=O) groups is 1. The van der Waals surface area contributed by atoms with E-state index < -0.39 is 0 Å². The number of amides is 1. The Hall–Kier alpha value is -1.55. The van der Waals surface area contributed by atoms with Crippen LogP contribution in [0.15, 0.2) is 30.3 Å². The SMILES string of the molecule is CC(C)(C)CC(CN)C(=O)NCCCOc1ccccc1. The van der Waals surface area contributed by atoms with Crippen LogP contribution in [0, 0.1) is 11.3 Å². The molecule has 0 saturated heterocycles. The van der Waals surface area contributed by atoms with Crippen molar-refractivity contribution in [3.05, 3.63) is 30.3 Å². The summed E-state index contributed by atoms with van der Waals surface area (Å²) in [5.41, 5.74) is 5.81. The first-order valence-corrected chi connectivity index (χ1v) is 7.58. The maximum absolute atomic E-state index is 12.1. The highest BCUT2D eigenvalue weighted by molar-refractivity contribution is 5.78. The number of para-hydroxylation sites is 1. The van der Waals surface area contributed by atoms with Gasteiger partial charge < -0.3 is 15.8 Å². The second-order valence-corrected chi connectivity index (χ2v) is 6.50. The lowest BCUT2D eigenvalue weighted by Gasteiger charge is -2.24. The van der Waals surface area contributed by atoms with Crippen LogP contribution in [0.4, 0.5) is 0 Å². The van der Waals surface area contributed by atoms with Crippen LogP contribution >= 0.6 is 0 Å². The highest BCUT2D eigenvalue weighted by Gasteiger charge is 2.23. The number of hydrogen-bond donors (Lipinski definition) is 2. The minimum absolute atomic E-state index is 0.0483. The summed E-state index contributed by atoms with van der Waals surface area (Å²) in [5, 5.41) is 2.94. The van der Waals surface area contributed by atoms with E-state index in [1.807, 2.05) is 30.3 Å². The molecular formula is C17H28N2O2. The Bertz CT molecular complexity index is 413. The molecule has 1 aromatic carbocycles. The average molecular weight is 292 g/mol. The highest BCUT2D eigenvalue weighted by atomic mass is 16.5. The minimum Gasteiger partial charge on any atom is -0.494 e. The molecule has 0 radical (unpaired) electrons. The fourth-order valence-corrected chi connectivity index (χ4v) is 2.16. The molecular weight excluding hydrogens is 264 g/mol. The van der Waals surface area contributed by atoms with Gasteiger partial charge in [0.15, 0.2) is 0 Å². The summed E-state index contributed by atoms with van der Waals surface area (Å²) >= 11 is 0. The second kappa shape index (κ2) is 8.67. The molecule has 0 heterocycles. The molecule has 0 aliphatic rings. The van der Waals surface area contributed by atoms with Crippen molar-refractivity contribution < 1.29 is 9.53 Å². The van der Waals surface area contributed by atoms with Crippen molar-refractivity contribution in [1.29, 1.82) is 0 Å². The summed E-state index contributed by atoms with van der Waals surface area (Å²) in [5.74, 6) is 0.795. The lowest BCUT2D eigenvalue weighted by Crippen LogP contribution is -2.37. The molecule has 1 atom stereocenters. The number of benzene rings is 1. The Morgan fingerprint density at radius 1 is 1.29 bits per heavy atom. The molecule has 1 aromatic rings. The van der Waals surface area contributed by atoms with Crippen LogP contribution in [0.5, 0.6) is 5.75 Å². The summed E-state index contributed by atoms with van der Waals surface area (Å²) in [6, 6.07) is 9.68. The van der Waals surface area contributed by atoms with Gasteiger partial charge in [-0.3, -0.25) is 4.79 Å². The Labute approximate surface area is 128 Å². The normalized spacial score (nSPS) is 12.8. The molecule has 4 heteroatoms. The van der Waals surface area contributed by atoms with E-state index in [-0.39, 0.29) is 17.2 Å². The van der Waals surface area contributed by atoms with E-state index in [1.165, 1.54) is 0 Å². The highest BCUT2D eigenvalue weighted by Crippen LogP contribution is 2.23.